The van der Waals surface area contributed by atoms with E-state index in [4.69, 9.17) is 19.3 Å². The Labute approximate surface area is 208 Å². The van der Waals surface area contributed by atoms with Gasteiger partial charge in [-0.1, -0.05) is 36.1 Å². The summed E-state index contributed by atoms with van der Waals surface area (Å²) in [6, 6.07) is 14.2. The predicted octanol–water partition coefficient (Wildman–Crippen LogP) is 2.44. The van der Waals surface area contributed by atoms with Crippen LogP contribution in [0.25, 0.3) is 11.1 Å². The Bertz CT molecular complexity index is 1260. The maximum Gasteiger partial charge on any atom is 0.469 e. The molecular formula is C25H27N2O8P. The molecule has 1 aliphatic heterocycles. The van der Waals surface area contributed by atoms with E-state index in [1.165, 1.54) is 17.7 Å². The van der Waals surface area contributed by atoms with Crippen LogP contribution in [-0.2, 0) is 13.8 Å². The summed E-state index contributed by atoms with van der Waals surface area (Å²) in [6.45, 7) is 1.79. The molecule has 36 heavy (non-hydrogen) atoms. The highest BCUT2D eigenvalue weighted by Crippen LogP contribution is 2.37. The molecule has 4 atom stereocenters. The number of aliphatic hydroxyl groups is 2. The first-order valence-electron chi connectivity index (χ1n) is 11.2. The minimum atomic E-state index is -4.70. The van der Waals surface area contributed by atoms with Crippen molar-refractivity contribution in [3.05, 3.63) is 72.3 Å². The van der Waals surface area contributed by atoms with Crippen molar-refractivity contribution in [1.82, 2.24) is 9.55 Å². The zero-order chi connectivity index (χ0) is 25.7. The molecule has 1 aliphatic rings. The van der Waals surface area contributed by atoms with E-state index >= 15 is 0 Å². The molecule has 0 saturated carbocycles. The first kappa shape index (κ1) is 26.1. The molecule has 2 aromatic carbocycles. The molecule has 3 aromatic rings. The van der Waals surface area contributed by atoms with Crippen molar-refractivity contribution >= 4 is 7.82 Å². The van der Waals surface area contributed by atoms with Gasteiger partial charge >= 0.3 is 7.82 Å². The fraction of sp³-hybridized carbons (Fsp3) is 0.320. The van der Waals surface area contributed by atoms with Crippen molar-refractivity contribution < 1.29 is 38.6 Å². The van der Waals surface area contributed by atoms with Gasteiger partial charge in [-0.15, -0.1) is 0 Å². The molecule has 0 amide bonds. The lowest BCUT2D eigenvalue weighted by molar-refractivity contribution is 0.0733. The van der Waals surface area contributed by atoms with Crippen molar-refractivity contribution in [1.29, 1.82) is 0 Å². The summed E-state index contributed by atoms with van der Waals surface area (Å²) in [5.74, 6) is 6.91. The van der Waals surface area contributed by atoms with Gasteiger partial charge in [0.1, 0.15) is 35.9 Å². The van der Waals surface area contributed by atoms with Crippen LogP contribution in [-0.4, -0.2) is 61.6 Å². The Kier molecular flexibility index (Phi) is 8.24. The van der Waals surface area contributed by atoms with Crippen LogP contribution < -0.4 is 4.74 Å². The van der Waals surface area contributed by atoms with Gasteiger partial charge in [0.15, 0.2) is 0 Å². The predicted molar refractivity (Wildman–Crippen MR) is 130 cm³/mol. The normalized spacial score (nSPS) is 19.4. The van der Waals surface area contributed by atoms with Crippen molar-refractivity contribution in [2.75, 3.05) is 19.8 Å². The largest absolute Gasteiger partial charge is 0.485 e. The highest BCUT2D eigenvalue weighted by molar-refractivity contribution is 7.46. The van der Waals surface area contributed by atoms with Gasteiger partial charge in [0.05, 0.1) is 19.8 Å². The summed E-state index contributed by atoms with van der Waals surface area (Å²) < 4.78 is 28.4. The maximum absolute atomic E-state index is 11.2. The second-order valence-corrected chi connectivity index (χ2v) is 9.54. The van der Waals surface area contributed by atoms with Gasteiger partial charge < -0.3 is 34.0 Å². The first-order chi connectivity index (χ1) is 17.2. The van der Waals surface area contributed by atoms with E-state index < -0.39 is 26.1 Å². The molecular weight excluding hydrogens is 487 g/mol. The number of aromatic nitrogens is 2. The summed E-state index contributed by atoms with van der Waals surface area (Å²) in [5, 5.41) is 19.8. The van der Waals surface area contributed by atoms with Crippen molar-refractivity contribution in [2.45, 2.75) is 31.3 Å². The Morgan fingerprint density at radius 2 is 1.81 bits per heavy atom. The SMILES string of the molecule is C[C@H](O)c1nccn1[C@@H](C#Cc1ccc(-c2ccc(O[C@@H]3COC[C@H]3O)cc2)cc1)COP(=O)(O)O. The second-order valence-electron chi connectivity index (χ2n) is 8.30. The third-order valence-electron chi connectivity index (χ3n) is 5.55. The minimum Gasteiger partial charge on any atom is -0.485 e. The molecule has 190 valence electrons. The molecule has 1 saturated heterocycles. The Hall–Kier alpha value is -3.00. The quantitative estimate of drug-likeness (QED) is 0.263. The fourth-order valence-corrected chi connectivity index (χ4v) is 4.06. The molecule has 10 nitrogen and oxygen atoms in total. The highest BCUT2D eigenvalue weighted by Gasteiger charge is 2.28. The van der Waals surface area contributed by atoms with Crippen LogP contribution in [0.4, 0.5) is 0 Å². The van der Waals surface area contributed by atoms with Gasteiger partial charge in [-0.2, -0.15) is 0 Å². The number of hydrogen-bond acceptors (Lipinski definition) is 7. The number of rotatable bonds is 8. The van der Waals surface area contributed by atoms with Crippen LogP contribution in [0.1, 0.15) is 30.5 Å². The standard InChI is InChI=1S/C25H27N2O8P/c1-17(28)25-26-12-13-27(25)21(14-34-36(30,31)32)9-4-18-2-5-19(6-3-18)20-7-10-22(11-8-20)35-24-16-33-15-23(24)29/h2-3,5-8,10-13,17,21,23-24,28-29H,14-16H2,1H3,(H2,30,31,32)/t17-,21-,23+,24+/m0/s1. The van der Waals surface area contributed by atoms with Gasteiger partial charge in [0, 0.05) is 18.0 Å². The summed E-state index contributed by atoms with van der Waals surface area (Å²) in [6.07, 6.45) is 1.15. The Morgan fingerprint density at radius 3 is 2.39 bits per heavy atom. The average molecular weight is 514 g/mol. The van der Waals surface area contributed by atoms with Crippen molar-refractivity contribution in [3.8, 4) is 28.7 Å². The third kappa shape index (κ3) is 6.81. The van der Waals surface area contributed by atoms with Crippen molar-refractivity contribution in [3.63, 3.8) is 0 Å². The van der Waals surface area contributed by atoms with E-state index in [1.54, 1.807) is 6.20 Å². The summed E-state index contributed by atoms with van der Waals surface area (Å²) in [5.41, 5.74) is 2.62. The van der Waals surface area contributed by atoms with E-state index in [9.17, 15) is 14.8 Å². The van der Waals surface area contributed by atoms with E-state index in [0.29, 0.717) is 23.7 Å². The minimum absolute atomic E-state index is 0.277. The summed E-state index contributed by atoms with van der Waals surface area (Å²) in [4.78, 5) is 22.3. The third-order valence-corrected chi connectivity index (χ3v) is 6.04. The topological polar surface area (TPSA) is 144 Å². The molecule has 0 bridgehead atoms. The Balaban J connectivity index is 1.47. The van der Waals surface area contributed by atoms with E-state index in [1.807, 2.05) is 48.5 Å². The van der Waals surface area contributed by atoms with Crippen LogP contribution in [0, 0.1) is 11.8 Å². The van der Waals surface area contributed by atoms with E-state index in [-0.39, 0.29) is 19.3 Å². The van der Waals surface area contributed by atoms with Crippen LogP contribution in [0.3, 0.4) is 0 Å². The lowest BCUT2D eigenvalue weighted by Crippen LogP contribution is -2.29. The molecule has 4 N–H and O–H groups in total. The molecule has 0 radical (unpaired) electrons. The van der Waals surface area contributed by atoms with Gasteiger partial charge in [-0.05, 0) is 42.3 Å². The monoisotopic (exact) mass is 514 g/mol. The van der Waals surface area contributed by atoms with Crippen LogP contribution in [0.5, 0.6) is 5.75 Å². The molecule has 4 rings (SSSR count). The van der Waals surface area contributed by atoms with Crippen LogP contribution in [0.15, 0.2) is 60.9 Å². The smallest absolute Gasteiger partial charge is 0.469 e. The second kappa shape index (κ2) is 11.4. The number of nitrogens with zero attached hydrogens (tertiary/aromatic N) is 2. The van der Waals surface area contributed by atoms with Crippen LogP contribution in [0.2, 0.25) is 0 Å². The number of hydrogen-bond donors (Lipinski definition) is 4. The molecule has 0 aliphatic carbocycles. The van der Waals surface area contributed by atoms with Gasteiger partial charge in [-0.25, -0.2) is 9.55 Å². The zero-order valence-electron chi connectivity index (χ0n) is 19.5. The fourth-order valence-electron chi connectivity index (χ4n) is 3.72. The molecule has 1 aromatic heterocycles. The maximum atomic E-state index is 11.2. The Morgan fingerprint density at radius 1 is 1.14 bits per heavy atom. The molecule has 0 spiro atoms. The van der Waals surface area contributed by atoms with Crippen molar-refractivity contribution in [2.24, 2.45) is 0 Å². The summed E-state index contributed by atoms with van der Waals surface area (Å²) in [7, 11) is -4.70. The molecule has 11 heteroatoms. The van der Waals surface area contributed by atoms with Gasteiger partial charge in [0.2, 0.25) is 0 Å². The number of phosphoric acid groups is 1. The van der Waals surface area contributed by atoms with Crippen LogP contribution >= 0.6 is 7.82 Å². The van der Waals surface area contributed by atoms with E-state index in [2.05, 4.69) is 21.3 Å². The number of aliphatic hydroxyl groups excluding tert-OH is 2. The first-order valence-corrected chi connectivity index (χ1v) is 12.8. The van der Waals surface area contributed by atoms with Gasteiger partial charge in [-0.3, -0.25) is 4.52 Å². The van der Waals surface area contributed by atoms with Gasteiger partial charge in [0.25, 0.3) is 0 Å². The number of ether oxygens (including phenoxy) is 2. The number of benzene rings is 2. The van der Waals surface area contributed by atoms with E-state index in [0.717, 1.165) is 11.1 Å². The molecule has 0 unspecified atom stereocenters. The zero-order valence-corrected chi connectivity index (χ0v) is 20.4. The number of imidazole rings is 1. The lowest BCUT2D eigenvalue weighted by Gasteiger charge is -2.17. The highest BCUT2D eigenvalue weighted by atomic mass is 31.2. The molecule has 2 heterocycles. The molecule has 1 fully saturated rings. The number of phosphoric ester groups is 1. The lowest BCUT2D eigenvalue weighted by atomic mass is 10.0. The average Bonchev–Trinajstić information content (AvgIpc) is 3.49. The summed E-state index contributed by atoms with van der Waals surface area (Å²) >= 11 is 0.